The van der Waals surface area contributed by atoms with Crippen molar-refractivity contribution in [3.8, 4) is 0 Å². The lowest BCUT2D eigenvalue weighted by atomic mass is 10.2. The molecule has 1 aromatic carbocycles. The Balaban J connectivity index is 2.16. The summed E-state index contributed by atoms with van der Waals surface area (Å²) in [6.07, 6.45) is 4.04. The second kappa shape index (κ2) is 7.47. The summed E-state index contributed by atoms with van der Waals surface area (Å²) in [6.45, 7) is 3.98. The third kappa shape index (κ3) is 4.61. The lowest BCUT2D eigenvalue weighted by Crippen LogP contribution is -2.31. The summed E-state index contributed by atoms with van der Waals surface area (Å²) in [5.74, 6) is -0.144. The van der Waals surface area contributed by atoms with Crippen molar-refractivity contribution in [2.45, 2.75) is 26.3 Å². The fourth-order valence-corrected chi connectivity index (χ4v) is 2.36. The van der Waals surface area contributed by atoms with Crippen molar-refractivity contribution in [2.75, 3.05) is 5.32 Å². The van der Waals surface area contributed by atoms with Gasteiger partial charge in [-0.2, -0.15) is 0 Å². The largest absolute Gasteiger partial charge is 0.354 e. The second-order valence-electron chi connectivity index (χ2n) is 5.03. The lowest BCUT2D eigenvalue weighted by Gasteiger charge is -2.12. The summed E-state index contributed by atoms with van der Waals surface area (Å²) in [5.41, 5.74) is 1.92. The first-order chi connectivity index (χ1) is 10.5. The van der Waals surface area contributed by atoms with E-state index < -0.39 is 0 Å². The van der Waals surface area contributed by atoms with Gasteiger partial charge in [-0.3, -0.25) is 9.78 Å². The molecule has 2 N–H and O–H groups in total. The van der Waals surface area contributed by atoms with Crippen LogP contribution in [0.25, 0.3) is 0 Å². The highest BCUT2D eigenvalue weighted by molar-refractivity contribution is 6.35. The second-order valence-corrected chi connectivity index (χ2v) is 5.90. The SMILES string of the molecule is CCC(C)NC(=O)c1cncc(Nc2cc(Cl)cc(Cl)c2)c1. The molecule has 0 saturated heterocycles. The minimum absolute atomic E-state index is 0.121. The Morgan fingerprint density at radius 1 is 1.14 bits per heavy atom. The number of aromatic nitrogens is 1. The van der Waals surface area contributed by atoms with Crippen LogP contribution in [0.3, 0.4) is 0 Å². The number of pyridine rings is 1. The average Bonchev–Trinajstić information content (AvgIpc) is 2.46. The predicted octanol–water partition coefficient (Wildman–Crippen LogP) is 4.66. The van der Waals surface area contributed by atoms with Gasteiger partial charge in [-0.05, 0) is 37.6 Å². The van der Waals surface area contributed by atoms with E-state index in [9.17, 15) is 4.79 Å². The fraction of sp³-hybridized carbons (Fsp3) is 0.250. The normalized spacial score (nSPS) is 11.8. The van der Waals surface area contributed by atoms with Gasteiger partial charge in [-0.15, -0.1) is 0 Å². The molecule has 4 nitrogen and oxygen atoms in total. The molecule has 0 aliphatic rings. The number of nitrogens with one attached hydrogen (secondary N) is 2. The molecular weight excluding hydrogens is 321 g/mol. The quantitative estimate of drug-likeness (QED) is 0.834. The number of benzene rings is 1. The molecule has 1 unspecified atom stereocenters. The maximum Gasteiger partial charge on any atom is 0.253 e. The van der Waals surface area contributed by atoms with Gasteiger partial charge in [-0.1, -0.05) is 30.1 Å². The van der Waals surface area contributed by atoms with Crippen molar-refractivity contribution >= 4 is 40.5 Å². The van der Waals surface area contributed by atoms with Gasteiger partial charge in [0.15, 0.2) is 0 Å². The molecule has 0 saturated carbocycles. The first kappa shape index (κ1) is 16.6. The summed E-state index contributed by atoms with van der Waals surface area (Å²) in [7, 11) is 0. The molecule has 0 spiro atoms. The van der Waals surface area contributed by atoms with E-state index in [4.69, 9.17) is 23.2 Å². The van der Waals surface area contributed by atoms with Crippen LogP contribution in [0.4, 0.5) is 11.4 Å². The Morgan fingerprint density at radius 2 is 1.82 bits per heavy atom. The number of nitrogens with zero attached hydrogens (tertiary/aromatic N) is 1. The Labute approximate surface area is 139 Å². The zero-order valence-corrected chi connectivity index (χ0v) is 13.9. The number of hydrogen-bond acceptors (Lipinski definition) is 3. The Morgan fingerprint density at radius 3 is 2.45 bits per heavy atom. The molecule has 0 radical (unpaired) electrons. The first-order valence-corrected chi connectivity index (χ1v) is 7.72. The summed E-state index contributed by atoms with van der Waals surface area (Å²) in [4.78, 5) is 16.2. The first-order valence-electron chi connectivity index (χ1n) is 6.97. The van der Waals surface area contributed by atoms with E-state index in [0.717, 1.165) is 12.1 Å². The molecule has 0 bridgehead atoms. The van der Waals surface area contributed by atoms with E-state index in [2.05, 4.69) is 15.6 Å². The Kier molecular flexibility index (Phi) is 5.63. The van der Waals surface area contributed by atoms with Crippen LogP contribution in [-0.2, 0) is 0 Å². The summed E-state index contributed by atoms with van der Waals surface area (Å²) in [5, 5.41) is 7.11. The molecule has 0 aliphatic carbocycles. The number of amides is 1. The zero-order chi connectivity index (χ0) is 16.1. The molecule has 6 heteroatoms. The zero-order valence-electron chi connectivity index (χ0n) is 12.4. The van der Waals surface area contributed by atoms with E-state index in [0.29, 0.717) is 21.3 Å². The molecule has 22 heavy (non-hydrogen) atoms. The Hall–Kier alpha value is -1.78. The topological polar surface area (TPSA) is 54.0 Å². The van der Waals surface area contributed by atoms with E-state index in [1.54, 1.807) is 30.5 Å². The molecular formula is C16H17Cl2N3O. The summed E-state index contributed by atoms with van der Waals surface area (Å²) >= 11 is 11.9. The minimum atomic E-state index is -0.144. The van der Waals surface area contributed by atoms with E-state index in [1.165, 1.54) is 6.20 Å². The van der Waals surface area contributed by atoms with Crippen LogP contribution < -0.4 is 10.6 Å². The van der Waals surface area contributed by atoms with Crippen molar-refractivity contribution in [3.63, 3.8) is 0 Å². The fourth-order valence-electron chi connectivity index (χ4n) is 1.83. The van der Waals surface area contributed by atoms with Gasteiger partial charge >= 0.3 is 0 Å². The molecule has 1 atom stereocenters. The van der Waals surface area contributed by atoms with Gasteiger partial charge in [0.1, 0.15) is 0 Å². The number of anilines is 2. The van der Waals surface area contributed by atoms with E-state index in [1.807, 2.05) is 13.8 Å². The molecule has 2 aromatic rings. The number of rotatable bonds is 5. The van der Waals surface area contributed by atoms with Gasteiger partial charge < -0.3 is 10.6 Å². The molecule has 0 fully saturated rings. The Bertz CT molecular complexity index is 656. The lowest BCUT2D eigenvalue weighted by molar-refractivity contribution is 0.0939. The smallest absolute Gasteiger partial charge is 0.253 e. The molecule has 116 valence electrons. The molecule has 1 aromatic heterocycles. The maximum absolute atomic E-state index is 12.1. The monoisotopic (exact) mass is 337 g/mol. The van der Waals surface area contributed by atoms with Crippen molar-refractivity contribution in [1.82, 2.24) is 10.3 Å². The minimum Gasteiger partial charge on any atom is -0.354 e. The van der Waals surface area contributed by atoms with E-state index >= 15 is 0 Å². The van der Waals surface area contributed by atoms with Crippen molar-refractivity contribution < 1.29 is 4.79 Å². The molecule has 1 heterocycles. The highest BCUT2D eigenvalue weighted by Gasteiger charge is 2.10. The molecule has 2 rings (SSSR count). The highest BCUT2D eigenvalue weighted by Crippen LogP contribution is 2.25. The maximum atomic E-state index is 12.1. The van der Waals surface area contributed by atoms with Gasteiger partial charge in [0.05, 0.1) is 17.4 Å². The highest BCUT2D eigenvalue weighted by atomic mass is 35.5. The molecule has 1 amide bonds. The van der Waals surface area contributed by atoms with E-state index in [-0.39, 0.29) is 11.9 Å². The van der Waals surface area contributed by atoms with Crippen LogP contribution in [0.2, 0.25) is 10.0 Å². The summed E-state index contributed by atoms with van der Waals surface area (Å²) in [6, 6.07) is 7.01. The third-order valence-electron chi connectivity index (χ3n) is 3.14. The average molecular weight is 338 g/mol. The number of halogens is 2. The van der Waals surface area contributed by atoms with Crippen LogP contribution in [0.1, 0.15) is 30.6 Å². The standard InChI is InChI=1S/C16H17Cl2N3O/c1-3-10(2)20-16(22)11-4-15(9-19-8-11)21-14-6-12(17)5-13(18)7-14/h4-10,21H,3H2,1-2H3,(H,20,22). The van der Waals surface area contributed by atoms with Crippen LogP contribution in [0.5, 0.6) is 0 Å². The number of carbonyl (C=O) groups excluding carboxylic acids is 1. The van der Waals surface area contributed by atoms with Crippen LogP contribution in [-0.4, -0.2) is 16.9 Å². The molecule has 0 aliphatic heterocycles. The third-order valence-corrected chi connectivity index (χ3v) is 3.58. The van der Waals surface area contributed by atoms with Gasteiger partial charge in [0.2, 0.25) is 0 Å². The van der Waals surface area contributed by atoms with Crippen LogP contribution in [0, 0.1) is 0 Å². The van der Waals surface area contributed by atoms with Crippen molar-refractivity contribution in [1.29, 1.82) is 0 Å². The summed E-state index contributed by atoms with van der Waals surface area (Å²) < 4.78 is 0. The van der Waals surface area contributed by atoms with Crippen molar-refractivity contribution in [2.24, 2.45) is 0 Å². The van der Waals surface area contributed by atoms with Crippen molar-refractivity contribution in [3.05, 3.63) is 52.3 Å². The van der Waals surface area contributed by atoms with Crippen LogP contribution >= 0.6 is 23.2 Å². The van der Waals surface area contributed by atoms with Gasteiger partial charge in [0.25, 0.3) is 5.91 Å². The van der Waals surface area contributed by atoms with Gasteiger partial charge in [0, 0.05) is 28.0 Å². The van der Waals surface area contributed by atoms with Gasteiger partial charge in [-0.25, -0.2) is 0 Å². The van der Waals surface area contributed by atoms with Crippen LogP contribution in [0.15, 0.2) is 36.7 Å². The number of hydrogen-bond donors (Lipinski definition) is 2. The number of carbonyl (C=O) groups is 1. The predicted molar refractivity (Wildman–Crippen MR) is 91.2 cm³/mol.